The van der Waals surface area contributed by atoms with Crippen LogP contribution in [0.1, 0.15) is 0 Å². The van der Waals surface area contributed by atoms with Crippen LogP contribution in [0.3, 0.4) is 0 Å². The molecule has 0 spiro atoms. The number of fused-ring (bicyclic) bond motifs is 3. The molecule has 10 heavy (non-hydrogen) atoms. The molecule has 0 saturated carbocycles. The summed E-state index contributed by atoms with van der Waals surface area (Å²) >= 11 is 3.41. The summed E-state index contributed by atoms with van der Waals surface area (Å²) in [6, 6.07) is 0. The summed E-state index contributed by atoms with van der Waals surface area (Å²) in [6.07, 6.45) is 0. The quantitative estimate of drug-likeness (QED) is 0.595. The van der Waals surface area contributed by atoms with E-state index in [2.05, 4.69) is 15.9 Å². The van der Waals surface area contributed by atoms with E-state index in [1.165, 1.54) is 0 Å². The van der Waals surface area contributed by atoms with Gasteiger partial charge >= 0.3 is 0 Å². The van der Waals surface area contributed by atoms with Crippen LogP contribution in [0, 0.1) is 5.41 Å². The first-order chi connectivity index (χ1) is 4.85. The number of ether oxygens (including phenoxy) is 3. The molecule has 2 bridgehead atoms. The molecule has 0 aromatic rings. The summed E-state index contributed by atoms with van der Waals surface area (Å²) < 4.78 is 15.6. The molecule has 0 aromatic heterocycles. The second-order valence-corrected chi connectivity index (χ2v) is 3.42. The summed E-state index contributed by atoms with van der Waals surface area (Å²) in [5, 5.41) is 0.882. The van der Waals surface area contributed by atoms with Gasteiger partial charge < -0.3 is 14.2 Å². The Morgan fingerprint density at radius 2 is 1.70 bits per heavy atom. The highest BCUT2D eigenvalue weighted by Gasteiger charge is 2.42. The van der Waals surface area contributed by atoms with Crippen molar-refractivity contribution >= 4 is 15.9 Å². The van der Waals surface area contributed by atoms with Gasteiger partial charge in [-0.15, -0.1) is 0 Å². The number of rotatable bonds is 1. The molecule has 0 aliphatic carbocycles. The Hall–Kier alpha value is 0.360. The first kappa shape index (κ1) is 7.03. The van der Waals surface area contributed by atoms with Gasteiger partial charge in [-0.1, -0.05) is 15.9 Å². The molecule has 3 nitrogen and oxygen atoms in total. The van der Waals surface area contributed by atoms with Crippen LogP contribution in [-0.4, -0.2) is 31.6 Å². The zero-order valence-electron chi connectivity index (χ0n) is 5.51. The average molecular weight is 209 g/mol. The lowest BCUT2D eigenvalue weighted by molar-refractivity contribution is -0.390. The van der Waals surface area contributed by atoms with Gasteiger partial charge in [0.1, 0.15) is 0 Å². The summed E-state index contributed by atoms with van der Waals surface area (Å²) in [5.41, 5.74) is 0.0781. The van der Waals surface area contributed by atoms with E-state index >= 15 is 0 Å². The van der Waals surface area contributed by atoms with Gasteiger partial charge in [-0.25, -0.2) is 0 Å². The third kappa shape index (κ3) is 0.993. The van der Waals surface area contributed by atoms with E-state index in [0.29, 0.717) is 0 Å². The van der Waals surface area contributed by atoms with Crippen LogP contribution in [0.25, 0.3) is 0 Å². The number of alkyl halides is 1. The van der Waals surface area contributed by atoms with Crippen LogP contribution in [0.15, 0.2) is 0 Å². The molecule has 3 saturated heterocycles. The van der Waals surface area contributed by atoms with Gasteiger partial charge in [0, 0.05) is 5.33 Å². The fourth-order valence-electron chi connectivity index (χ4n) is 1.12. The molecule has 0 aromatic carbocycles. The molecule has 3 rings (SSSR count). The Bertz CT molecular complexity index is 117. The van der Waals surface area contributed by atoms with Gasteiger partial charge in [0.15, 0.2) is 0 Å². The Balaban J connectivity index is 2.08. The topological polar surface area (TPSA) is 27.7 Å². The fraction of sp³-hybridized carbons (Fsp3) is 1.00. The Morgan fingerprint density at radius 1 is 1.20 bits per heavy atom. The Labute approximate surface area is 67.8 Å². The van der Waals surface area contributed by atoms with Crippen LogP contribution >= 0.6 is 15.9 Å². The van der Waals surface area contributed by atoms with E-state index in [0.717, 1.165) is 25.2 Å². The molecule has 3 aliphatic heterocycles. The molecule has 58 valence electrons. The molecule has 3 heterocycles. The highest BCUT2D eigenvalue weighted by atomic mass is 79.9. The predicted molar refractivity (Wildman–Crippen MR) is 37.9 cm³/mol. The third-order valence-electron chi connectivity index (χ3n) is 1.86. The van der Waals surface area contributed by atoms with E-state index in [1.54, 1.807) is 0 Å². The van der Waals surface area contributed by atoms with Crippen molar-refractivity contribution in [1.29, 1.82) is 0 Å². The lowest BCUT2D eigenvalue weighted by atomic mass is 9.93. The van der Waals surface area contributed by atoms with E-state index in [9.17, 15) is 0 Å². The monoisotopic (exact) mass is 208 g/mol. The standard InChI is InChI=1S/C6H9BrO3/c7-1-6-2-8-5(9-3-6)10-4-6/h5H,1-4H2. The van der Waals surface area contributed by atoms with Crippen molar-refractivity contribution in [2.75, 3.05) is 25.2 Å². The molecule has 3 fully saturated rings. The summed E-state index contributed by atoms with van der Waals surface area (Å²) in [4.78, 5) is 0. The smallest absolute Gasteiger partial charge is 0.271 e. The zero-order valence-corrected chi connectivity index (χ0v) is 7.09. The van der Waals surface area contributed by atoms with Crippen molar-refractivity contribution in [1.82, 2.24) is 0 Å². The second-order valence-electron chi connectivity index (χ2n) is 2.86. The first-order valence-corrected chi connectivity index (χ1v) is 4.38. The van der Waals surface area contributed by atoms with E-state index in [1.807, 2.05) is 0 Å². The fourth-order valence-corrected chi connectivity index (χ4v) is 1.61. The van der Waals surface area contributed by atoms with Crippen molar-refractivity contribution in [3.63, 3.8) is 0 Å². The molecule has 4 heteroatoms. The number of hydrogen-bond acceptors (Lipinski definition) is 3. The Kier molecular flexibility index (Phi) is 1.72. The summed E-state index contributed by atoms with van der Waals surface area (Å²) in [6.45, 7) is 1.87. The molecule has 0 N–H and O–H groups in total. The van der Waals surface area contributed by atoms with E-state index in [4.69, 9.17) is 14.2 Å². The van der Waals surface area contributed by atoms with E-state index in [-0.39, 0.29) is 11.9 Å². The van der Waals surface area contributed by atoms with Crippen LogP contribution in [-0.2, 0) is 14.2 Å². The molecule has 0 amide bonds. The minimum atomic E-state index is -0.388. The lowest BCUT2D eigenvalue weighted by Gasteiger charge is -2.44. The lowest BCUT2D eigenvalue weighted by Crippen LogP contribution is -2.53. The third-order valence-corrected chi connectivity index (χ3v) is 3.05. The normalized spacial score (nSPS) is 45.9. The predicted octanol–water partition coefficient (Wildman–Crippen LogP) is 0.728. The van der Waals surface area contributed by atoms with Crippen LogP contribution in [0.2, 0.25) is 0 Å². The van der Waals surface area contributed by atoms with Gasteiger partial charge in [-0.2, -0.15) is 0 Å². The molecular formula is C6H9BrO3. The van der Waals surface area contributed by atoms with Gasteiger partial charge in [0.2, 0.25) is 0 Å². The highest BCUT2D eigenvalue weighted by Crippen LogP contribution is 2.32. The minimum Gasteiger partial charge on any atom is -0.329 e. The summed E-state index contributed by atoms with van der Waals surface area (Å²) in [5.74, 6) is 0. The van der Waals surface area contributed by atoms with Crippen LogP contribution in [0.5, 0.6) is 0 Å². The van der Waals surface area contributed by atoms with Crippen molar-refractivity contribution in [3.8, 4) is 0 Å². The van der Waals surface area contributed by atoms with Gasteiger partial charge in [0.25, 0.3) is 6.48 Å². The number of hydrogen-bond donors (Lipinski definition) is 0. The summed E-state index contributed by atoms with van der Waals surface area (Å²) in [7, 11) is 0. The number of halogens is 1. The molecule has 0 radical (unpaired) electrons. The second kappa shape index (κ2) is 2.44. The van der Waals surface area contributed by atoms with Crippen LogP contribution in [0.4, 0.5) is 0 Å². The highest BCUT2D eigenvalue weighted by molar-refractivity contribution is 9.09. The SMILES string of the molecule is BrCC12COC(OC1)OC2. The van der Waals surface area contributed by atoms with Crippen molar-refractivity contribution in [3.05, 3.63) is 0 Å². The molecule has 0 atom stereocenters. The molecular weight excluding hydrogens is 200 g/mol. The maximum absolute atomic E-state index is 5.20. The van der Waals surface area contributed by atoms with Crippen molar-refractivity contribution < 1.29 is 14.2 Å². The Morgan fingerprint density at radius 3 is 2.00 bits per heavy atom. The van der Waals surface area contributed by atoms with Gasteiger partial charge in [0.05, 0.1) is 25.2 Å². The van der Waals surface area contributed by atoms with Gasteiger partial charge in [-0.05, 0) is 0 Å². The molecule has 0 unspecified atom stereocenters. The van der Waals surface area contributed by atoms with Gasteiger partial charge in [-0.3, -0.25) is 0 Å². The maximum atomic E-state index is 5.20. The van der Waals surface area contributed by atoms with Crippen LogP contribution < -0.4 is 0 Å². The zero-order chi connectivity index (χ0) is 7.03. The maximum Gasteiger partial charge on any atom is 0.271 e. The average Bonchev–Trinajstić information content (AvgIpc) is 2.08. The largest absolute Gasteiger partial charge is 0.329 e. The minimum absolute atomic E-state index is 0.0781. The van der Waals surface area contributed by atoms with Crippen molar-refractivity contribution in [2.24, 2.45) is 5.41 Å². The van der Waals surface area contributed by atoms with Crippen molar-refractivity contribution in [2.45, 2.75) is 6.48 Å². The molecule has 3 aliphatic rings. The first-order valence-electron chi connectivity index (χ1n) is 3.25. The van der Waals surface area contributed by atoms with E-state index < -0.39 is 0 Å².